The van der Waals surface area contributed by atoms with E-state index in [1.54, 1.807) is 25.7 Å². The van der Waals surface area contributed by atoms with Crippen molar-refractivity contribution in [1.29, 1.82) is 5.26 Å². The summed E-state index contributed by atoms with van der Waals surface area (Å²) in [4.78, 5) is 26.2. The Hall–Kier alpha value is -2.65. The van der Waals surface area contributed by atoms with Crippen molar-refractivity contribution in [1.82, 2.24) is 14.7 Å². The molecular formula is C24H35F3N6O3. The number of nitrogens with one attached hydrogen (secondary N) is 1. The Morgan fingerprint density at radius 2 is 1.92 bits per heavy atom. The van der Waals surface area contributed by atoms with E-state index in [1.165, 1.54) is 10.9 Å². The number of likely N-dealkylation sites (tertiary alicyclic amines) is 1. The second kappa shape index (κ2) is 10.4. The van der Waals surface area contributed by atoms with E-state index in [1.807, 2.05) is 6.92 Å². The summed E-state index contributed by atoms with van der Waals surface area (Å²) in [5.74, 6) is -1.29. The molecule has 9 nitrogen and oxygen atoms in total. The lowest BCUT2D eigenvalue weighted by Crippen LogP contribution is -2.73. The monoisotopic (exact) mass is 512 g/mol. The number of carbonyl (C=O) groups excluding carboxylic acids is 2. The number of amides is 2. The molecule has 200 valence electrons. The zero-order valence-electron chi connectivity index (χ0n) is 21.2. The minimum Gasteiger partial charge on any atom is -0.365 e. The lowest BCUT2D eigenvalue weighted by molar-refractivity contribution is -0.332. The lowest BCUT2D eigenvalue weighted by Gasteiger charge is -2.55. The molecule has 3 N–H and O–H groups in total. The second-order valence-corrected chi connectivity index (χ2v) is 10.4. The fraction of sp³-hybridized carbons (Fsp3) is 0.750. The van der Waals surface area contributed by atoms with E-state index in [2.05, 4.69) is 16.5 Å². The zero-order valence-corrected chi connectivity index (χ0v) is 21.2. The van der Waals surface area contributed by atoms with Gasteiger partial charge in [0.25, 0.3) is 5.91 Å². The number of nitrogens with two attached hydrogens (primary N) is 1. The molecule has 1 unspecified atom stereocenters. The average molecular weight is 513 g/mol. The third kappa shape index (κ3) is 5.37. The van der Waals surface area contributed by atoms with Crippen LogP contribution in [0.4, 0.5) is 19.0 Å². The highest BCUT2D eigenvalue weighted by Gasteiger charge is 2.64. The highest BCUT2D eigenvalue weighted by Crippen LogP contribution is 2.46. The summed E-state index contributed by atoms with van der Waals surface area (Å²) in [5, 5.41) is 16.7. The summed E-state index contributed by atoms with van der Waals surface area (Å²) < 4.78 is 47.9. The third-order valence-electron chi connectivity index (χ3n) is 7.47. The Kier molecular flexibility index (Phi) is 8.05. The summed E-state index contributed by atoms with van der Waals surface area (Å²) in [7, 11) is 0. The Labute approximate surface area is 209 Å². The first-order valence-electron chi connectivity index (χ1n) is 12.3. The number of nitriles is 1. The molecule has 1 saturated heterocycles. The molecule has 0 aromatic carbocycles. The number of carbonyl (C=O) groups is 2. The van der Waals surface area contributed by atoms with E-state index in [9.17, 15) is 28.0 Å². The summed E-state index contributed by atoms with van der Waals surface area (Å²) in [5.41, 5.74) is 2.67. The SMILES string of the molecule is CCC(C)C(=O)Nc1nn(C2(CC#N)CCC(N3CC(OC(C)C)(C(F)(F)F)C3)CC2)cc1C(N)=O. The number of rotatable bonds is 9. The fourth-order valence-electron chi connectivity index (χ4n) is 5.09. The predicted molar refractivity (Wildman–Crippen MR) is 126 cm³/mol. The van der Waals surface area contributed by atoms with Gasteiger partial charge in [-0.15, -0.1) is 0 Å². The molecule has 0 radical (unpaired) electrons. The van der Waals surface area contributed by atoms with Crippen molar-refractivity contribution < 1.29 is 27.5 Å². The Morgan fingerprint density at radius 1 is 1.31 bits per heavy atom. The van der Waals surface area contributed by atoms with Crippen LogP contribution in [-0.4, -0.2) is 63.5 Å². The minimum absolute atomic E-state index is 0.0506. The first-order valence-corrected chi connectivity index (χ1v) is 12.3. The van der Waals surface area contributed by atoms with Crippen LogP contribution in [0, 0.1) is 17.2 Å². The van der Waals surface area contributed by atoms with Crippen molar-refractivity contribution in [3.05, 3.63) is 11.8 Å². The van der Waals surface area contributed by atoms with Crippen LogP contribution in [0.5, 0.6) is 0 Å². The number of alkyl halides is 3. The molecule has 1 aliphatic carbocycles. The molecule has 1 aliphatic heterocycles. The second-order valence-electron chi connectivity index (χ2n) is 10.4. The van der Waals surface area contributed by atoms with E-state index in [0.29, 0.717) is 32.1 Å². The first-order chi connectivity index (χ1) is 16.8. The molecule has 2 fully saturated rings. The topological polar surface area (TPSA) is 126 Å². The summed E-state index contributed by atoms with van der Waals surface area (Å²) in [6.07, 6.45) is -0.778. The van der Waals surface area contributed by atoms with Gasteiger partial charge in [0.1, 0.15) is 5.56 Å². The van der Waals surface area contributed by atoms with E-state index < -0.39 is 29.3 Å². The largest absolute Gasteiger partial charge is 0.419 e. The normalized spacial score (nSPS) is 25.1. The van der Waals surface area contributed by atoms with Crippen molar-refractivity contribution >= 4 is 17.6 Å². The average Bonchev–Trinajstić information content (AvgIpc) is 3.20. The molecule has 1 atom stereocenters. The van der Waals surface area contributed by atoms with Gasteiger partial charge in [0.05, 0.1) is 24.1 Å². The molecule has 3 rings (SSSR count). The minimum atomic E-state index is -4.46. The van der Waals surface area contributed by atoms with Crippen molar-refractivity contribution in [3.63, 3.8) is 0 Å². The number of hydrogen-bond donors (Lipinski definition) is 2. The quantitative estimate of drug-likeness (QED) is 0.521. The smallest absolute Gasteiger partial charge is 0.365 e. The van der Waals surface area contributed by atoms with Gasteiger partial charge < -0.3 is 15.8 Å². The maximum absolute atomic E-state index is 13.7. The molecular weight excluding hydrogens is 477 g/mol. The van der Waals surface area contributed by atoms with Gasteiger partial charge in [-0.25, -0.2) is 0 Å². The zero-order chi connectivity index (χ0) is 26.9. The van der Waals surface area contributed by atoms with E-state index >= 15 is 0 Å². The molecule has 2 heterocycles. The van der Waals surface area contributed by atoms with Gasteiger partial charge in [0, 0.05) is 31.2 Å². The maximum Gasteiger partial charge on any atom is 0.419 e. The molecule has 2 aliphatic rings. The van der Waals surface area contributed by atoms with Crippen LogP contribution >= 0.6 is 0 Å². The molecule has 0 bridgehead atoms. The number of hydrogen-bond acceptors (Lipinski definition) is 6. The van der Waals surface area contributed by atoms with Crippen LogP contribution in [-0.2, 0) is 15.1 Å². The number of primary amides is 1. The molecule has 36 heavy (non-hydrogen) atoms. The summed E-state index contributed by atoms with van der Waals surface area (Å²) in [6.45, 7) is 6.37. The van der Waals surface area contributed by atoms with Gasteiger partial charge >= 0.3 is 6.18 Å². The number of aromatic nitrogens is 2. The molecule has 2 amide bonds. The molecule has 1 aromatic rings. The van der Waals surface area contributed by atoms with Crippen LogP contribution < -0.4 is 11.1 Å². The van der Waals surface area contributed by atoms with Crippen LogP contribution in [0.25, 0.3) is 0 Å². The highest BCUT2D eigenvalue weighted by atomic mass is 19.4. The van der Waals surface area contributed by atoms with Crippen LogP contribution in [0.1, 0.15) is 76.6 Å². The van der Waals surface area contributed by atoms with Crippen LogP contribution in [0.3, 0.4) is 0 Å². The van der Waals surface area contributed by atoms with E-state index in [-0.39, 0.29) is 48.8 Å². The maximum atomic E-state index is 13.7. The molecule has 1 saturated carbocycles. The van der Waals surface area contributed by atoms with Gasteiger partial charge in [-0.05, 0) is 46.0 Å². The number of ether oxygens (including phenoxy) is 1. The molecule has 0 spiro atoms. The summed E-state index contributed by atoms with van der Waals surface area (Å²) >= 11 is 0. The molecule has 1 aromatic heterocycles. The van der Waals surface area contributed by atoms with Crippen molar-refractivity contribution in [2.75, 3.05) is 18.4 Å². The molecule has 12 heteroatoms. The number of anilines is 1. The van der Waals surface area contributed by atoms with Gasteiger partial charge in [0.2, 0.25) is 5.91 Å². The van der Waals surface area contributed by atoms with Gasteiger partial charge in [0.15, 0.2) is 11.4 Å². The van der Waals surface area contributed by atoms with E-state index in [4.69, 9.17) is 10.5 Å². The number of halogens is 3. The third-order valence-corrected chi connectivity index (χ3v) is 7.47. The summed E-state index contributed by atoms with van der Waals surface area (Å²) in [6, 6.07) is 2.10. The van der Waals surface area contributed by atoms with Crippen molar-refractivity contribution in [3.8, 4) is 6.07 Å². The van der Waals surface area contributed by atoms with E-state index in [0.717, 1.165) is 0 Å². The predicted octanol–water partition coefficient (Wildman–Crippen LogP) is 3.56. The van der Waals surface area contributed by atoms with Gasteiger partial charge in [-0.1, -0.05) is 13.8 Å². The standard InChI is InChI=1S/C24H35F3N6O3/c1-5-16(4)21(35)30-20-18(19(29)34)12-33(31-20)22(10-11-28)8-6-17(7-9-22)32-13-23(14-32,24(25,26)27)36-15(2)3/h12,15-17H,5-10,13-14H2,1-4H3,(H2,29,34)(H,30,31,35). The first kappa shape index (κ1) is 27.9. The van der Waals surface area contributed by atoms with Crippen molar-refractivity contribution in [2.45, 2.75) is 95.7 Å². The van der Waals surface area contributed by atoms with Crippen LogP contribution in [0.2, 0.25) is 0 Å². The van der Waals surface area contributed by atoms with Gasteiger partial charge in [-0.2, -0.15) is 23.5 Å². The fourth-order valence-corrected chi connectivity index (χ4v) is 5.09. The Bertz CT molecular complexity index is 1000. The highest BCUT2D eigenvalue weighted by molar-refractivity contribution is 6.02. The lowest BCUT2D eigenvalue weighted by atomic mass is 9.75. The van der Waals surface area contributed by atoms with Gasteiger partial charge in [-0.3, -0.25) is 19.2 Å². The Balaban J connectivity index is 1.76. The number of nitrogens with zero attached hydrogens (tertiary/aromatic N) is 4. The Morgan fingerprint density at radius 3 is 2.39 bits per heavy atom. The van der Waals surface area contributed by atoms with Crippen LogP contribution in [0.15, 0.2) is 6.20 Å². The van der Waals surface area contributed by atoms with Crippen molar-refractivity contribution in [2.24, 2.45) is 11.7 Å².